The zero-order chi connectivity index (χ0) is 9.90. The Balaban J connectivity index is 2.78. The van der Waals surface area contributed by atoms with Gasteiger partial charge in [-0.3, -0.25) is 9.69 Å². The lowest BCUT2D eigenvalue weighted by atomic mass is 9.88. The van der Waals surface area contributed by atoms with Gasteiger partial charge in [0.05, 0.1) is 0 Å². The van der Waals surface area contributed by atoms with E-state index in [0.717, 1.165) is 6.54 Å². The fraction of sp³-hybridized carbons (Fsp3) is 0.889. The van der Waals surface area contributed by atoms with Gasteiger partial charge in [-0.05, 0) is 26.4 Å². The molecular weight excluding hydrogens is 170 g/mol. The van der Waals surface area contributed by atoms with Gasteiger partial charge in [-0.2, -0.15) is 0 Å². The molecule has 1 fully saturated rings. The molecule has 4 nitrogen and oxygen atoms in total. The molecule has 1 saturated heterocycles. The molecule has 1 rings (SSSR count). The van der Waals surface area contributed by atoms with E-state index in [9.17, 15) is 9.90 Å². The maximum absolute atomic E-state index is 11.2. The van der Waals surface area contributed by atoms with Crippen molar-refractivity contribution in [1.82, 2.24) is 4.90 Å². The molecule has 0 amide bonds. The topological polar surface area (TPSA) is 49.8 Å². The van der Waals surface area contributed by atoms with Gasteiger partial charge in [-0.25, -0.2) is 0 Å². The van der Waals surface area contributed by atoms with Crippen molar-refractivity contribution >= 4 is 5.97 Å². The Labute approximate surface area is 78.5 Å². The predicted molar refractivity (Wildman–Crippen MR) is 48.7 cm³/mol. The second kappa shape index (κ2) is 4.07. The van der Waals surface area contributed by atoms with Crippen LogP contribution in [0, 0.1) is 0 Å². The van der Waals surface area contributed by atoms with Crippen molar-refractivity contribution in [2.45, 2.75) is 25.3 Å². The number of likely N-dealkylation sites (N-methyl/N-ethyl adjacent to an activating group) is 1. The minimum absolute atomic E-state index is 0.552. The van der Waals surface area contributed by atoms with Gasteiger partial charge < -0.3 is 9.84 Å². The number of carboxylic acid groups (broad SMARTS) is 1. The molecule has 0 aliphatic carbocycles. The third-order valence-corrected chi connectivity index (χ3v) is 2.92. The molecule has 0 bridgehead atoms. The fourth-order valence-corrected chi connectivity index (χ4v) is 1.77. The zero-order valence-corrected chi connectivity index (χ0v) is 8.25. The summed E-state index contributed by atoms with van der Waals surface area (Å²) in [4.78, 5) is 13.1. The number of rotatable bonds is 3. The zero-order valence-electron chi connectivity index (χ0n) is 8.25. The quantitative estimate of drug-likeness (QED) is 0.702. The third kappa shape index (κ3) is 1.84. The minimum Gasteiger partial charge on any atom is -0.480 e. The highest BCUT2D eigenvalue weighted by atomic mass is 16.5. The van der Waals surface area contributed by atoms with Crippen molar-refractivity contribution in [1.29, 1.82) is 0 Å². The molecule has 4 heteroatoms. The van der Waals surface area contributed by atoms with Crippen LogP contribution in [0.2, 0.25) is 0 Å². The van der Waals surface area contributed by atoms with E-state index in [1.54, 1.807) is 0 Å². The molecule has 76 valence electrons. The maximum Gasteiger partial charge on any atom is 0.324 e. The second-order valence-electron chi connectivity index (χ2n) is 3.46. The standard InChI is InChI=1S/C9H17NO3/c1-3-10(2)9(8(11)12)4-6-13-7-5-9/h3-7H2,1-2H3,(H,11,12). The summed E-state index contributed by atoms with van der Waals surface area (Å²) in [5.74, 6) is -0.722. The lowest BCUT2D eigenvalue weighted by molar-refractivity contribution is -0.157. The van der Waals surface area contributed by atoms with E-state index < -0.39 is 11.5 Å². The Kier molecular flexibility index (Phi) is 3.27. The van der Waals surface area contributed by atoms with E-state index in [1.165, 1.54) is 0 Å². The average Bonchev–Trinajstić information content (AvgIpc) is 2.17. The van der Waals surface area contributed by atoms with E-state index in [1.807, 2.05) is 18.9 Å². The Bertz CT molecular complexity index is 187. The summed E-state index contributed by atoms with van der Waals surface area (Å²) in [7, 11) is 1.86. The minimum atomic E-state index is -0.722. The summed E-state index contributed by atoms with van der Waals surface area (Å²) in [6, 6.07) is 0. The van der Waals surface area contributed by atoms with Gasteiger partial charge in [0.2, 0.25) is 0 Å². The Hall–Kier alpha value is -0.610. The van der Waals surface area contributed by atoms with Crippen LogP contribution >= 0.6 is 0 Å². The van der Waals surface area contributed by atoms with Crippen molar-refractivity contribution in [3.05, 3.63) is 0 Å². The van der Waals surface area contributed by atoms with Gasteiger partial charge in [0.25, 0.3) is 0 Å². The molecule has 0 aromatic carbocycles. The van der Waals surface area contributed by atoms with Gasteiger partial charge in [0.15, 0.2) is 0 Å². The lowest BCUT2D eigenvalue weighted by Crippen LogP contribution is -2.56. The molecule has 0 aromatic heterocycles. The van der Waals surface area contributed by atoms with Crippen LogP contribution in [-0.2, 0) is 9.53 Å². The van der Waals surface area contributed by atoms with Crippen molar-refractivity contribution in [3.8, 4) is 0 Å². The van der Waals surface area contributed by atoms with Crippen LogP contribution < -0.4 is 0 Å². The Morgan fingerprint density at radius 1 is 1.54 bits per heavy atom. The van der Waals surface area contributed by atoms with Crippen LogP contribution in [0.25, 0.3) is 0 Å². The average molecular weight is 187 g/mol. The van der Waals surface area contributed by atoms with Crippen molar-refractivity contribution in [2.75, 3.05) is 26.8 Å². The van der Waals surface area contributed by atoms with Crippen LogP contribution in [0.15, 0.2) is 0 Å². The van der Waals surface area contributed by atoms with E-state index in [4.69, 9.17) is 4.74 Å². The molecule has 1 aliphatic heterocycles. The molecule has 0 spiro atoms. The van der Waals surface area contributed by atoms with Crippen LogP contribution in [0.3, 0.4) is 0 Å². The predicted octanol–water partition coefficient (Wildman–Crippen LogP) is 0.572. The third-order valence-electron chi connectivity index (χ3n) is 2.92. The normalized spacial score (nSPS) is 21.8. The van der Waals surface area contributed by atoms with Gasteiger partial charge in [-0.15, -0.1) is 0 Å². The van der Waals surface area contributed by atoms with Crippen LogP contribution in [0.5, 0.6) is 0 Å². The number of nitrogens with zero attached hydrogens (tertiary/aromatic N) is 1. The van der Waals surface area contributed by atoms with E-state index in [2.05, 4.69) is 0 Å². The summed E-state index contributed by atoms with van der Waals surface area (Å²) in [5.41, 5.74) is -0.687. The highest BCUT2D eigenvalue weighted by Crippen LogP contribution is 2.26. The monoisotopic (exact) mass is 187 g/mol. The SMILES string of the molecule is CCN(C)C1(C(=O)O)CCOCC1. The Morgan fingerprint density at radius 3 is 2.46 bits per heavy atom. The molecular formula is C9H17NO3. The van der Waals surface area contributed by atoms with Gasteiger partial charge in [0, 0.05) is 13.2 Å². The first-order valence-electron chi connectivity index (χ1n) is 4.66. The molecule has 0 saturated carbocycles. The first kappa shape index (κ1) is 10.5. The van der Waals surface area contributed by atoms with Crippen molar-refractivity contribution < 1.29 is 14.6 Å². The largest absolute Gasteiger partial charge is 0.480 e. The van der Waals surface area contributed by atoms with E-state index in [-0.39, 0.29) is 0 Å². The second-order valence-corrected chi connectivity index (χ2v) is 3.46. The number of carboxylic acids is 1. The number of hydrogen-bond donors (Lipinski definition) is 1. The first-order valence-corrected chi connectivity index (χ1v) is 4.66. The van der Waals surface area contributed by atoms with Crippen LogP contribution in [-0.4, -0.2) is 48.3 Å². The number of carbonyl (C=O) groups is 1. The Morgan fingerprint density at radius 2 is 2.08 bits per heavy atom. The van der Waals surface area contributed by atoms with Gasteiger partial charge in [-0.1, -0.05) is 6.92 Å². The molecule has 0 atom stereocenters. The van der Waals surface area contributed by atoms with Crippen molar-refractivity contribution in [2.24, 2.45) is 0 Å². The summed E-state index contributed by atoms with van der Waals surface area (Å²) < 4.78 is 5.18. The highest BCUT2D eigenvalue weighted by molar-refractivity contribution is 5.78. The molecule has 0 aromatic rings. The first-order chi connectivity index (χ1) is 6.13. The summed E-state index contributed by atoms with van der Waals surface area (Å²) in [5, 5.41) is 9.19. The molecule has 1 N–H and O–H groups in total. The van der Waals surface area contributed by atoms with Crippen LogP contribution in [0.4, 0.5) is 0 Å². The molecule has 0 unspecified atom stereocenters. The molecule has 1 heterocycles. The molecule has 13 heavy (non-hydrogen) atoms. The fourth-order valence-electron chi connectivity index (χ4n) is 1.77. The molecule has 1 aliphatic rings. The van der Waals surface area contributed by atoms with E-state index >= 15 is 0 Å². The van der Waals surface area contributed by atoms with E-state index in [0.29, 0.717) is 26.1 Å². The van der Waals surface area contributed by atoms with Crippen molar-refractivity contribution in [3.63, 3.8) is 0 Å². The van der Waals surface area contributed by atoms with Gasteiger partial charge in [0.1, 0.15) is 5.54 Å². The molecule has 0 radical (unpaired) electrons. The van der Waals surface area contributed by atoms with Crippen LogP contribution in [0.1, 0.15) is 19.8 Å². The number of hydrogen-bond acceptors (Lipinski definition) is 3. The maximum atomic E-state index is 11.2. The number of aliphatic carboxylic acids is 1. The summed E-state index contributed by atoms with van der Waals surface area (Å²) in [6.45, 7) is 3.83. The number of ether oxygens (including phenoxy) is 1. The highest BCUT2D eigenvalue weighted by Gasteiger charge is 2.43. The smallest absolute Gasteiger partial charge is 0.324 e. The summed E-state index contributed by atoms with van der Waals surface area (Å²) >= 11 is 0. The lowest BCUT2D eigenvalue weighted by Gasteiger charge is -2.40. The summed E-state index contributed by atoms with van der Waals surface area (Å²) in [6.07, 6.45) is 1.18. The van der Waals surface area contributed by atoms with Gasteiger partial charge >= 0.3 is 5.97 Å².